The zero-order valence-corrected chi connectivity index (χ0v) is 13.3. The summed E-state index contributed by atoms with van der Waals surface area (Å²) >= 11 is 6.07. The van der Waals surface area contributed by atoms with Gasteiger partial charge in [0, 0.05) is 11.3 Å². The van der Waals surface area contributed by atoms with Gasteiger partial charge in [-0.15, -0.1) is 10.9 Å². The molecule has 120 valence electrons. The van der Waals surface area contributed by atoms with Crippen LogP contribution >= 0.6 is 22.5 Å². The van der Waals surface area contributed by atoms with Crippen molar-refractivity contribution in [3.8, 4) is 0 Å². The first-order valence-corrected chi connectivity index (χ1v) is 8.63. The van der Waals surface area contributed by atoms with Gasteiger partial charge in [0.2, 0.25) is 5.12 Å². The highest BCUT2D eigenvalue weighted by molar-refractivity contribution is 8.39. The largest absolute Gasteiger partial charge is 0.416 e. The van der Waals surface area contributed by atoms with Crippen molar-refractivity contribution in [1.82, 2.24) is 0 Å². The Bertz CT molecular complexity index is 787. The van der Waals surface area contributed by atoms with Crippen molar-refractivity contribution in [2.24, 2.45) is 4.99 Å². The molecule has 23 heavy (non-hydrogen) atoms. The van der Waals surface area contributed by atoms with Crippen LogP contribution in [0, 0.1) is 0 Å². The summed E-state index contributed by atoms with van der Waals surface area (Å²) in [5.74, 6) is 0.348. The number of hydrogen-bond acceptors (Lipinski definition) is 2. The van der Waals surface area contributed by atoms with Gasteiger partial charge in [-0.3, -0.25) is 9.79 Å². The van der Waals surface area contributed by atoms with E-state index in [0.29, 0.717) is 27.6 Å². The quantitative estimate of drug-likeness (QED) is 0.719. The molecule has 0 N–H and O–H groups in total. The average Bonchev–Trinajstić information content (AvgIpc) is 2.50. The number of carbonyl (C=O) groups excluding carboxylic acids is 1. The van der Waals surface area contributed by atoms with Crippen LogP contribution in [0.1, 0.15) is 21.5 Å². The molecule has 0 fully saturated rings. The first-order chi connectivity index (χ1) is 10.9. The number of alkyl halides is 3. The maximum Gasteiger partial charge on any atom is 0.416 e. The number of carbonyl (C=O) groups is 1. The average molecular weight is 358 g/mol. The predicted molar refractivity (Wildman–Crippen MR) is 88.1 cm³/mol. The number of hydrogen-bond donors (Lipinski definition) is 1. The number of fused-ring (bicyclic) bond motifs is 1. The molecule has 7 heteroatoms. The summed E-state index contributed by atoms with van der Waals surface area (Å²) in [7, 11) is -1.25. The summed E-state index contributed by atoms with van der Waals surface area (Å²) in [5, 5.41) is 0.250. The van der Waals surface area contributed by atoms with Crippen molar-refractivity contribution >= 4 is 38.8 Å². The minimum atomic E-state index is -4.36. The smallest absolute Gasteiger partial charge is 0.283 e. The van der Waals surface area contributed by atoms with Gasteiger partial charge >= 0.3 is 6.18 Å². The SMILES string of the molecule is O=C1c2c(Cl)cccc2N=C[SH]1Cc1ccc(C(F)(F)F)cc1. The third-order valence-electron chi connectivity index (χ3n) is 3.44. The summed E-state index contributed by atoms with van der Waals surface area (Å²) < 4.78 is 37.7. The van der Waals surface area contributed by atoms with Crippen LogP contribution in [-0.2, 0) is 11.9 Å². The number of halogens is 4. The third-order valence-corrected chi connectivity index (χ3v) is 5.60. The topological polar surface area (TPSA) is 29.4 Å². The van der Waals surface area contributed by atoms with E-state index in [1.54, 1.807) is 23.7 Å². The van der Waals surface area contributed by atoms with E-state index in [0.717, 1.165) is 12.1 Å². The lowest BCUT2D eigenvalue weighted by Gasteiger charge is -2.21. The Kier molecular flexibility index (Phi) is 4.21. The Balaban J connectivity index is 1.82. The van der Waals surface area contributed by atoms with Gasteiger partial charge in [0.15, 0.2) is 0 Å². The van der Waals surface area contributed by atoms with Gasteiger partial charge in [-0.1, -0.05) is 29.8 Å². The number of thiol groups is 1. The van der Waals surface area contributed by atoms with Crippen molar-refractivity contribution in [3.05, 3.63) is 64.2 Å². The van der Waals surface area contributed by atoms with Crippen LogP contribution in [0.3, 0.4) is 0 Å². The standard InChI is InChI=1S/C16H11ClF3NOS/c17-12-2-1-3-13-14(12)15(22)23(9-21-13)8-10-4-6-11(7-5-10)16(18,19)20/h1-7,9,23H,8H2. The van der Waals surface area contributed by atoms with E-state index < -0.39 is 22.6 Å². The lowest BCUT2D eigenvalue weighted by atomic mass is 10.1. The monoisotopic (exact) mass is 357 g/mol. The highest BCUT2D eigenvalue weighted by Gasteiger charge is 2.30. The van der Waals surface area contributed by atoms with Crippen molar-refractivity contribution in [2.75, 3.05) is 0 Å². The normalized spacial score (nSPS) is 18.8. The molecule has 0 saturated carbocycles. The summed E-state index contributed by atoms with van der Waals surface area (Å²) in [5.41, 5.74) is 2.49. The number of aliphatic imine (C=N–C) groups is 1. The molecule has 0 saturated heterocycles. The number of benzene rings is 2. The second kappa shape index (κ2) is 6.02. The van der Waals surface area contributed by atoms with E-state index in [1.807, 2.05) is 0 Å². The van der Waals surface area contributed by atoms with E-state index in [9.17, 15) is 18.0 Å². The summed E-state index contributed by atoms with van der Waals surface area (Å²) in [6.07, 6.45) is -4.36. The molecule has 1 heterocycles. The predicted octanol–water partition coefficient (Wildman–Crippen LogP) is 5.37. The van der Waals surface area contributed by atoms with Gasteiger partial charge in [0.05, 0.1) is 21.8 Å². The lowest BCUT2D eigenvalue weighted by molar-refractivity contribution is -0.137. The fraction of sp³-hybridized carbons (Fsp3) is 0.125. The molecule has 0 aliphatic carbocycles. The van der Waals surface area contributed by atoms with Crippen LogP contribution in [0.15, 0.2) is 47.5 Å². The van der Waals surface area contributed by atoms with Gasteiger partial charge in [0.25, 0.3) is 0 Å². The van der Waals surface area contributed by atoms with Gasteiger partial charge in [-0.2, -0.15) is 13.2 Å². The number of nitrogens with zero attached hydrogens (tertiary/aromatic N) is 1. The lowest BCUT2D eigenvalue weighted by Crippen LogP contribution is -2.09. The van der Waals surface area contributed by atoms with Crippen molar-refractivity contribution in [1.29, 1.82) is 0 Å². The second-order valence-electron chi connectivity index (χ2n) is 5.01. The fourth-order valence-corrected chi connectivity index (χ4v) is 4.31. The van der Waals surface area contributed by atoms with Gasteiger partial charge < -0.3 is 0 Å². The van der Waals surface area contributed by atoms with E-state index in [2.05, 4.69) is 4.99 Å². The van der Waals surface area contributed by atoms with Crippen LogP contribution in [0.4, 0.5) is 18.9 Å². The molecular formula is C16H11ClF3NOS. The molecule has 2 aromatic carbocycles. The number of rotatable bonds is 2. The summed E-state index contributed by atoms with van der Waals surface area (Å²) in [6.45, 7) is 0. The molecular weight excluding hydrogens is 347 g/mol. The molecule has 2 nitrogen and oxygen atoms in total. The minimum absolute atomic E-state index is 0.101. The Morgan fingerprint density at radius 1 is 1.09 bits per heavy atom. The van der Waals surface area contributed by atoms with Gasteiger partial charge in [0.1, 0.15) is 0 Å². The first kappa shape index (κ1) is 16.1. The van der Waals surface area contributed by atoms with Crippen LogP contribution in [0.25, 0.3) is 0 Å². The minimum Gasteiger partial charge on any atom is -0.283 e. The Morgan fingerprint density at radius 2 is 1.78 bits per heavy atom. The van der Waals surface area contributed by atoms with Crippen molar-refractivity contribution in [3.63, 3.8) is 0 Å². The highest BCUT2D eigenvalue weighted by Crippen LogP contribution is 2.42. The molecule has 1 unspecified atom stereocenters. The van der Waals surface area contributed by atoms with E-state index >= 15 is 0 Å². The first-order valence-electron chi connectivity index (χ1n) is 6.66. The van der Waals surface area contributed by atoms with Crippen LogP contribution in [0.5, 0.6) is 0 Å². The van der Waals surface area contributed by atoms with Crippen LogP contribution in [0.2, 0.25) is 5.02 Å². The van der Waals surface area contributed by atoms with Crippen molar-refractivity contribution < 1.29 is 18.0 Å². The van der Waals surface area contributed by atoms with E-state index in [-0.39, 0.29) is 5.12 Å². The van der Waals surface area contributed by atoms with E-state index in [1.165, 1.54) is 12.1 Å². The molecule has 3 rings (SSSR count). The second-order valence-corrected chi connectivity index (χ2v) is 7.31. The van der Waals surface area contributed by atoms with Crippen LogP contribution in [-0.4, -0.2) is 10.7 Å². The third kappa shape index (κ3) is 3.28. The molecule has 1 aliphatic heterocycles. The molecule has 1 atom stereocenters. The highest BCUT2D eigenvalue weighted by atomic mass is 35.5. The zero-order chi connectivity index (χ0) is 16.6. The van der Waals surface area contributed by atoms with E-state index in [4.69, 9.17) is 11.6 Å². The Hall–Kier alpha value is -1.79. The molecule has 0 spiro atoms. The summed E-state index contributed by atoms with van der Waals surface area (Å²) in [4.78, 5) is 16.8. The Morgan fingerprint density at radius 3 is 2.43 bits per heavy atom. The van der Waals surface area contributed by atoms with Gasteiger partial charge in [-0.05, 0) is 29.8 Å². The van der Waals surface area contributed by atoms with Crippen molar-refractivity contribution in [2.45, 2.75) is 11.9 Å². The summed E-state index contributed by atoms with van der Waals surface area (Å²) in [6, 6.07) is 9.90. The fourth-order valence-electron chi connectivity index (χ4n) is 2.27. The van der Waals surface area contributed by atoms with Gasteiger partial charge in [-0.25, -0.2) is 0 Å². The maximum absolute atomic E-state index is 12.6. The maximum atomic E-state index is 12.6. The van der Waals surface area contributed by atoms with Crippen LogP contribution < -0.4 is 0 Å². The Labute approximate surface area is 138 Å². The zero-order valence-electron chi connectivity index (χ0n) is 11.6. The molecule has 0 aromatic heterocycles. The molecule has 0 amide bonds. The molecule has 0 radical (unpaired) electrons. The molecule has 0 bridgehead atoms. The molecule has 1 aliphatic rings. The molecule has 2 aromatic rings.